The molecule has 0 aliphatic heterocycles. The molecule has 3 nitrogen and oxygen atoms in total. The number of nitrogens with two attached hydrogens (primary N) is 1. The zero-order valence-electron chi connectivity index (χ0n) is 9.43. The van der Waals surface area contributed by atoms with E-state index in [2.05, 4.69) is 4.74 Å². The molecule has 15 heavy (non-hydrogen) atoms. The predicted octanol–water partition coefficient (Wildman–Crippen LogP) is 1.95. The van der Waals surface area contributed by atoms with Crippen LogP contribution in [0.2, 0.25) is 0 Å². The van der Waals surface area contributed by atoms with Gasteiger partial charge in [-0.05, 0) is 19.3 Å². The number of hydrogen-bond donors (Lipinski definition) is 1. The van der Waals surface area contributed by atoms with Crippen LogP contribution in [0.4, 0.5) is 8.78 Å². The number of halogens is 2. The Morgan fingerprint density at radius 3 is 2.40 bits per heavy atom. The third-order valence-electron chi connectivity index (χ3n) is 1.87. The SMILES string of the molecule is CCOC(=O)C(F)(F)C[C@@H](N)CC(C)C. The van der Waals surface area contributed by atoms with E-state index >= 15 is 0 Å². The Kier molecular flexibility index (Phi) is 5.72. The molecule has 0 spiro atoms. The summed E-state index contributed by atoms with van der Waals surface area (Å²) < 4.78 is 30.6. The Bertz CT molecular complexity index is 208. The van der Waals surface area contributed by atoms with Crippen molar-refractivity contribution in [3.05, 3.63) is 0 Å². The number of carbonyl (C=O) groups is 1. The molecular formula is C10H19F2NO2. The minimum atomic E-state index is -3.47. The third kappa shape index (κ3) is 5.67. The number of esters is 1. The van der Waals surface area contributed by atoms with Gasteiger partial charge in [0.15, 0.2) is 0 Å². The molecule has 5 heteroatoms. The Morgan fingerprint density at radius 1 is 1.47 bits per heavy atom. The Hall–Kier alpha value is -0.710. The Balaban J connectivity index is 4.17. The standard InChI is InChI=1S/C10H19F2NO2/c1-4-15-9(14)10(11,12)6-8(13)5-7(2)3/h7-8H,4-6,13H2,1-3H3/t8-/m0/s1. The van der Waals surface area contributed by atoms with E-state index in [1.54, 1.807) is 0 Å². The Labute approximate surface area is 89.0 Å². The summed E-state index contributed by atoms with van der Waals surface area (Å²) in [5.41, 5.74) is 5.51. The van der Waals surface area contributed by atoms with Gasteiger partial charge in [-0.25, -0.2) is 4.79 Å². The van der Waals surface area contributed by atoms with E-state index in [-0.39, 0.29) is 12.5 Å². The lowest BCUT2D eigenvalue weighted by atomic mass is 9.99. The number of ether oxygens (including phenoxy) is 1. The van der Waals surface area contributed by atoms with Gasteiger partial charge in [-0.15, -0.1) is 0 Å². The maximum atomic E-state index is 13.2. The van der Waals surface area contributed by atoms with Crippen LogP contribution in [0.25, 0.3) is 0 Å². The second-order valence-corrected chi connectivity index (χ2v) is 4.02. The molecule has 0 amide bonds. The number of hydrogen-bond acceptors (Lipinski definition) is 3. The summed E-state index contributed by atoms with van der Waals surface area (Å²) in [6.45, 7) is 5.22. The number of carbonyl (C=O) groups excluding carboxylic acids is 1. The molecule has 0 aliphatic carbocycles. The van der Waals surface area contributed by atoms with E-state index in [0.717, 1.165) is 0 Å². The van der Waals surface area contributed by atoms with Gasteiger partial charge in [-0.2, -0.15) is 8.78 Å². The van der Waals surface area contributed by atoms with Crippen LogP contribution in [-0.2, 0) is 9.53 Å². The lowest BCUT2D eigenvalue weighted by molar-refractivity contribution is -0.173. The van der Waals surface area contributed by atoms with E-state index in [1.807, 2.05) is 13.8 Å². The maximum absolute atomic E-state index is 13.2. The summed E-state index contributed by atoms with van der Waals surface area (Å²) in [5, 5.41) is 0. The topological polar surface area (TPSA) is 52.3 Å². The first-order chi connectivity index (χ1) is 6.79. The molecule has 0 aromatic heterocycles. The molecule has 0 aliphatic rings. The first-order valence-electron chi connectivity index (χ1n) is 5.10. The van der Waals surface area contributed by atoms with Crippen LogP contribution in [0.1, 0.15) is 33.6 Å². The summed E-state index contributed by atoms with van der Waals surface area (Å²) in [7, 11) is 0. The van der Waals surface area contributed by atoms with E-state index in [0.29, 0.717) is 6.42 Å². The van der Waals surface area contributed by atoms with Crippen molar-refractivity contribution in [1.29, 1.82) is 0 Å². The molecule has 1 atom stereocenters. The summed E-state index contributed by atoms with van der Waals surface area (Å²) in [6.07, 6.45) is -0.182. The van der Waals surface area contributed by atoms with Gasteiger partial charge in [-0.1, -0.05) is 13.8 Å². The second-order valence-electron chi connectivity index (χ2n) is 4.02. The summed E-state index contributed by atoms with van der Waals surface area (Å²) in [6, 6.07) is -0.676. The molecule has 0 unspecified atom stereocenters. The van der Waals surface area contributed by atoms with Gasteiger partial charge in [0, 0.05) is 12.5 Å². The minimum Gasteiger partial charge on any atom is -0.462 e. The molecule has 0 rings (SSSR count). The maximum Gasteiger partial charge on any atom is 0.377 e. The largest absolute Gasteiger partial charge is 0.462 e. The molecule has 0 bridgehead atoms. The fraction of sp³-hybridized carbons (Fsp3) is 0.900. The molecule has 0 radical (unpaired) electrons. The first-order valence-corrected chi connectivity index (χ1v) is 5.10. The van der Waals surface area contributed by atoms with Gasteiger partial charge in [-0.3, -0.25) is 0 Å². The van der Waals surface area contributed by atoms with Crippen LogP contribution in [0.5, 0.6) is 0 Å². The van der Waals surface area contributed by atoms with Crippen LogP contribution in [0, 0.1) is 5.92 Å². The van der Waals surface area contributed by atoms with E-state index in [9.17, 15) is 13.6 Å². The fourth-order valence-electron chi connectivity index (χ4n) is 1.34. The highest BCUT2D eigenvalue weighted by Gasteiger charge is 2.41. The van der Waals surface area contributed by atoms with Crippen LogP contribution in [0.3, 0.4) is 0 Å². The van der Waals surface area contributed by atoms with Gasteiger partial charge >= 0.3 is 11.9 Å². The fourth-order valence-corrected chi connectivity index (χ4v) is 1.34. The lowest BCUT2D eigenvalue weighted by Gasteiger charge is -2.20. The van der Waals surface area contributed by atoms with Gasteiger partial charge in [0.1, 0.15) is 0 Å². The molecular weight excluding hydrogens is 204 g/mol. The van der Waals surface area contributed by atoms with Crippen molar-refractivity contribution in [1.82, 2.24) is 0 Å². The van der Waals surface area contributed by atoms with Gasteiger partial charge < -0.3 is 10.5 Å². The van der Waals surface area contributed by atoms with E-state index < -0.39 is 24.4 Å². The van der Waals surface area contributed by atoms with Crippen molar-refractivity contribution in [3.63, 3.8) is 0 Å². The summed E-state index contributed by atoms with van der Waals surface area (Å²) in [5.74, 6) is -4.72. The molecule has 0 aromatic rings. The normalized spacial score (nSPS) is 14.1. The van der Waals surface area contributed by atoms with Crippen LogP contribution >= 0.6 is 0 Å². The highest BCUT2D eigenvalue weighted by Crippen LogP contribution is 2.23. The molecule has 0 heterocycles. The number of alkyl halides is 2. The first kappa shape index (κ1) is 14.3. The molecule has 2 N–H and O–H groups in total. The van der Waals surface area contributed by atoms with Crippen molar-refractivity contribution in [2.24, 2.45) is 11.7 Å². The quantitative estimate of drug-likeness (QED) is 0.700. The second kappa shape index (κ2) is 6.00. The smallest absolute Gasteiger partial charge is 0.377 e. The average molecular weight is 223 g/mol. The van der Waals surface area contributed by atoms with Crippen molar-refractivity contribution in [2.45, 2.75) is 45.6 Å². The zero-order valence-corrected chi connectivity index (χ0v) is 9.43. The molecule has 0 aromatic carbocycles. The Morgan fingerprint density at radius 2 is 2.00 bits per heavy atom. The molecule has 0 saturated carbocycles. The van der Waals surface area contributed by atoms with Gasteiger partial charge in [0.2, 0.25) is 0 Å². The van der Waals surface area contributed by atoms with Crippen LogP contribution in [-0.4, -0.2) is 24.5 Å². The van der Waals surface area contributed by atoms with Crippen LogP contribution in [0.15, 0.2) is 0 Å². The summed E-state index contributed by atoms with van der Waals surface area (Å²) >= 11 is 0. The molecule has 0 saturated heterocycles. The summed E-state index contributed by atoms with van der Waals surface area (Å²) in [4.78, 5) is 10.9. The highest BCUT2D eigenvalue weighted by molar-refractivity contribution is 5.77. The van der Waals surface area contributed by atoms with Crippen molar-refractivity contribution in [2.75, 3.05) is 6.61 Å². The average Bonchev–Trinajstić information content (AvgIpc) is 2.01. The van der Waals surface area contributed by atoms with Crippen molar-refractivity contribution in [3.8, 4) is 0 Å². The van der Waals surface area contributed by atoms with Crippen LogP contribution < -0.4 is 5.73 Å². The van der Waals surface area contributed by atoms with E-state index in [4.69, 9.17) is 5.73 Å². The van der Waals surface area contributed by atoms with Gasteiger partial charge in [0.25, 0.3) is 0 Å². The number of rotatable bonds is 6. The zero-order chi connectivity index (χ0) is 12.1. The minimum absolute atomic E-state index is 0.0478. The predicted molar refractivity (Wildman–Crippen MR) is 53.6 cm³/mol. The monoisotopic (exact) mass is 223 g/mol. The van der Waals surface area contributed by atoms with Crippen molar-refractivity contribution >= 4 is 5.97 Å². The molecule has 0 fully saturated rings. The van der Waals surface area contributed by atoms with E-state index in [1.165, 1.54) is 6.92 Å². The van der Waals surface area contributed by atoms with Gasteiger partial charge in [0.05, 0.1) is 6.61 Å². The van der Waals surface area contributed by atoms with Crippen molar-refractivity contribution < 1.29 is 18.3 Å². The highest BCUT2D eigenvalue weighted by atomic mass is 19.3. The third-order valence-corrected chi connectivity index (χ3v) is 1.87. The lowest BCUT2D eigenvalue weighted by Crippen LogP contribution is -2.38. The molecule has 90 valence electrons.